The lowest BCUT2D eigenvalue weighted by atomic mass is 10.2. The van der Waals surface area contributed by atoms with Gasteiger partial charge in [0.05, 0.1) is 5.52 Å². The smallest absolute Gasteiger partial charge is 0.0701 e. The molecular formula is C18H24ClNS. The molecule has 1 saturated carbocycles. The fourth-order valence-electron chi connectivity index (χ4n) is 2.64. The number of alkyl halides is 1. The molecule has 2 aromatic rings. The molecule has 0 saturated heterocycles. The van der Waals surface area contributed by atoms with Gasteiger partial charge in [0.15, 0.2) is 0 Å². The van der Waals surface area contributed by atoms with Gasteiger partial charge in [0.2, 0.25) is 0 Å². The van der Waals surface area contributed by atoms with E-state index in [-0.39, 0.29) is 0 Å². The van der Waals surface area contributed by atoms with Gasteiger partial charge in [-0.3, -0.25) is 4.98 Å². The van der Waals surface area contributed by atoms with E-state index in [4.69, 9.17) is 11.6 Å². The average Bonchev–Trinajstić information content (AvgIpc) is 2.82. The quantitative estimate of drug-likeness (QED) is 0.514. The first-order chi connectivity index (χ1) is 10.4. The first-order valence-electron chi connectivity index (χ1n) is 7.87. The third kappa shape index (κ3) is 6.27. The van der Waals surface area contributed by atoms with Crippen LogP contribution in [-0.2, 0) is 0 Å². The standard InChI is InChI=1S/C9H17ClS.C9H7N/c10-7-8-11-9-5-3-1-2-4-6-9;1-2-6-9-8(4-1)5-3-7-10-9/h9H,1-8H2;1-7H. The van der Waals surface area contributed by atoms with E-state index in [1.54, 1.807) is 0 Å². The van der Waals surface area contributed by atoms with Gasteiger partial charge in [0.1, 0.15) is 0 Å². The van der Waals surface area contributed by atoms with E-state index in [9.17, 15) is 0 Å². The summed E-state index contributed by atoms with van der Waals surface area (Å²) in [6.07, 6.45) is 10.5. The van der Waals surface area contributed by atoms with Crippen molar-refractivity contribution in [3.05, 3.63) is 42.6 Å². The molecule has 1 aliphatic rings. The number of hydrogen-bond donors (Lipinski definition) is 0. The van der Waals surface area contributed by atoms with Crippen LogP contribution in [0.5, 0.6) is 0 Å². The summed E-state index contributed by atoms with van der Waals surface area (Å²) in [6.45, 7) is 0. The highest BCUT2D eigenvalue weighted by atomic mass is 35.5. The number of aromatic nitrogens is 1. The van der Waals surface area contributed by atoms with Crippen LogP contribution < -0.4 is 0 Å². The van der Waals surface area contributed by atoms with Crippen molar-refractivity contribution in [2.24, 2.45) is 0 Å². The molecule has 0 N–H and O–H groups in total. The zero-order chi connectivity index (χ0) is 14.8. The summed E-state index contributed by atoms with van der Waals surface area (Å²) >= 11 is 7.72. The predicted octanol–water partition coefficient (Wildman–Crippen LogP) is 5.92. The topological polar surface area (TPSA) is 12.9 Å². The van der Waals surface area contributed by atoms with Gasteiger partial charge in [-0.05, 0) is 25.0 Å². The second-order valence-electron chi connectivity index (χ2n) is 5.37. The van der Waals surface area contributed by atoms with Gasteiger partial charge in [-0.25, -0.2) is 0 Å². The molecule has 3 rings (SSSR count). The second-order valence-corrected chi connectivity index (χ2v) is 7.16. The fraction of sp³-hybridized carbons (Fsp3) is 0.500. The monoisotopic (exact) mass is 321 g/mol. The maximum atomic E-state index is 5.64. The maximum Gasteiger partial charge on any atom is 0.0701 e. The summed E-state index contributed by atoms with van der Waals surface area (Å²) in [6, 6.07) is 12.1. The highest BCUT2D eigenvalue weighted by Crippen LogP contribution is 2.27. The van der Waals surface area contributed by atoms with Crippen molar-refractivity contribution < 1.29 is 0 Å². The van der Waals surface area contributed by atoms with Gasteiger partial charge in [-0.2, -0.15) is 11.8 Å². The molecule has 21 heavy (non-hydrogen) atoms. The summed E-state index contributed by atoms with van der Waals surface area (Å²) in [5.41, 5.74) is 1.06. The Morgan fingerprint density at radius 3 is 2.43 bits per heavy atom. The van der Waals surface area contributed by atoms with Crippen molar-refractivity contribution in [2.45, 2.75) is 43.8 Å². The Kier molecular flexibility index (Phi) is 7.98. The Balaban J connectivity index is 0.000000154. The predicted molar refractivity (Wildman–Crippen MR) is 96.4 cm³/mol. The molecule has 0 radical (unpaired) electrons. The lowest BCUT2D eigenvalue weighted by Gasteiger charge is -2.11. The fourth-order valence-corrected chi connectivity index (χ4v) is 3.99. The summed E-state index contributed by atoms with van der Waals surface area (Å²) in [4.78, 5) is 4.18. The van der Waals surface area contributed by atoms with E-state index in [0.29, 0.717) is 0 Å². The van der Waals surface area contributed by atoms with E-state index >= 15 is 0 Å². The van der Waals surface area contributed by atoms with Crippen LogP contribution >= 0.6 is 23.4 Å². The van der Waals surface area contributed by atoms with Gasteiger partial charge in [-0.1, -0.05) is 49.9 Å². The van der Waals surface area contributed by atoms with Gasteiger partial charge >= 0.3 is 0 Å². The molecule has 0 bridgehead atoms. The zero-order valence-corrected chi connectivity index (χ0v) is 14.1. The normalized spacial score (nSPS) is 16.0. The second kappa shape index (κ2) is 10.1. The largest absolute Gasteiger partial charge is 0.256 e. The third-order valence-corrected chi connectivity index (χ3v) is 5.54. The Hall–Kier alpha value is -0.730. The Labute approximate surface area is 137 Å². The van der Waals surface area contributed by atoms with Crippen LogP contribution in [0.3, 0.4) is 0 Å². The van der Waals surface area contributed by atoms with Crippen LogP contribution in [0, 0.1) is 0 Å². The number of para-hydroxylation sites is 1. The zero-order valence-electron chi connectivity index (χ0n) is 12.5. The first-order valence-corrected chi connectivity index (χ1v) is 9.46. The van der Waals surface area contributed by atoms with Crippen LogP contribution in [0.2, 0.25) is 0 Å². The lowest BCUT2D eigenvalue weighted by molar-refractivity contribution is 0.702. The number of benzene rings is 1. The number of rotatable bonds is 3. The van der Waals surface area contributed by atoms with Crippen molar-refractivity contribution in [1.29, 1.82) is 0 Å². The van der Waals surface area contributed by atoms with E-state index in [0.717, 1.165) is 22.4 Å². The molecule has 1 aromatic carbocycles. The summed E-state index contributed by atoms with van der Waals surface area (Å²) in [5.74, 6) is 1.97. The van der Waals surface area contributed by atoms with Crippen molar-refractivity contribution in [3.8, 4) is 0 Å². The van der Waals surface area contributed by atoms with Gasteiger partial charge in [0, 0.05) is 28.5 Å². The minimum absolute atomic E-state index is 0.821. The molecule has 3 heteroatoms. The summed E-state index contributed by atoms with van der Waals surface area (Å²) < 4.78 is 0. The van der Waals surface area contributed by atoms with E-state index in [1.807, 2.05) is 30.5 Å². The molecule has 0 aliphatic heterocycles. The van der Waals surface area contributed by atoms with Crippen molar-refractivity contribution >= 4 is 34.3 Å². The number of nitrogens with zero attached hydrogens (tertiary/aromatic N) is 1. The Bertz CT molecular complexity index is 444. The Morgan fingerprint density at radius 2 is 1.71 bits per heavy atom. The molecule has 1 fully saturated rings. The molecule has 114 valence electrons. The van der Waals surface area contributed by atoms with Crippen LogP contribution in [-0.4, -0.2) is 21.9 Å². The molecule has 1 aliphatic carbocycles. The summed E-state index contributed by atoms with van der Waals surface area (Å²) in [7, 11) is 0. The minimum Gasteiger partial charge on any atom is -0.256 e. The molecule has 0 unspecified atom stereocenters. The summed E-state index contributed by atoms with van der Waals surface area (Å²) in [5, 5.41) is 2.13. The number of thioether (sulfide) groups is 1. The van der Waals surface area contributed by atoms with Gasteiger partial charge < -0.3 is 0 Å². The van der Waals surface area contributed by atoms with E-state index < -0.39 is 0 Å². The maximum absolute atomic E-state index is 5.64. The molecule has 0 spiro atoms. The lowest BCUT2D eigenvalue weighted by Crippen LogP contribution is -2.01. The number of pyridine rings is 1. The van der Waals surface area contributed by atoms with Gasteiger partial charge in [-0.15, -0.1) is 11.6 Å². The molecule has 0 atom stereocenters. The molecule has 1 aromatic heterocycles. The van der Waals surface area contributed by atoms with Crippen LogP contribution in [0.15, 0.2) is 42.6 Å². The molecule has 0 amide bonds. The van der Waals surface area contributed by atoms with Crippen LogP contribution in [0.1, 0.15) is 38.5 Å². The molecular weight excluding hydrogens is 298 g/mol. The average molecular weight is 322 g/mol. The van der Waals surface area contributed by atoms with Crippen molar-refractivity contribution in [3.63, 3.8) is 0 Å². The van der Waals surface area contributed by atoms with Crippen LogP contribution in [0.25, 0.3) is 10.9 Å². The minimum atomic E-state index is 0.821. The van der Waals surface area contributed by atoms with E-state index in [2.05, 4.69) is 28.9 Å². The van der Waals surface area contributed by atoms with Crippen molar-refractivity contribution in [2.75, 3.05) is 11.6 Å². The molecule has 1 heterocycles. The highest BCUT2D eigenvalue weighted by Gasteiger charge is 2.11. The number of hydrogen-bond acceptors (Lipinski definition) is 2. The number of fused-ring (bicyclic) bond motifs is 1. The van der Waals surface area contributed by atoms with E-state index in [1.165, 1.54) is 43.9 Å². The Morgan fingerprint density at radius 1 is 1.00 bits per heavy atom. The van der Waals surface area contributed by atoms with Gasteiger partial charge in [0.25, 0.3) is 0 Å². The van der Waals surface area contributed by atoms with Crippen LogP contribution in [0.4, 0.5) is 0 Å². The molecule has 1 nitrogen and oxygen atoms in total. The SMILES string of the molecule is ClCCSC1CCCCCC1.c1ccc2ncccc2c1. The number of halogens is 1. The highest BCUT2D eigenvalue weighted by molar-refractivity contribution is 7.99. The third-order valence-electron chi connectivity index (χ3n) is 3.75. The first kappa shape index (κ1) is 16.6. The van der Waals surface area contributed by atoms with Crippen molar-refractivity contribution in [1.82, 2.24) is 4.98 Å².